The lowest BCUT2D eigenvalue weighted by Gasteiger charge is -2.18. The summed E-state index contributed by atoms with van der Waals surface area (Å²) >= 11 is 0. The van der Waals surface area contributed by atoms with Gasteiger partial charge in [-0.2, -0.15) is 5.10 Å². The van der Waals surface area contributed by atoms with Crippen LogP contribution in [0.3, 0.4) is 0 Å². The lowest BCUT2D eigenvalue weighted by atomic mass is 9.97. The summed E-state index contributed by atoms with van der Waals surface area (Å²) in [5.41, 5.74) is 5.23. The molecule has 1 unspecified atom stereocenters. The maximum Gasteiger partial charge on any atom is 0.0669 e. The van der Waals surface area contributed by atoms with E-state index in [4.69, 9.17) is 0 Å². The fourth-order valence-electron chi connectivity index (χ4n) is 2.73. The van der Waals surface area contributed by atoms with Crippen molar-refractivity contribution in [3.05, 3.63) is 52.8 Å². The van der Waals surface area contributed by atoms with Crippen LogP contribution >= 0.6 is 0 Å². The van der Waals surface area contributed by atoms with Crippen molar-refractivity contribution < 1.29 is 0 Å². The minimum atomic E-state index is 0.338. The van der Waals surface area contributed by atoms with E-state index in [-0.39, 0.29) is 0 Å². The van der Waals surface area contributed by atoms with Gasteiger partial charge >= 0.3 is 0 Å². The molecule has 2 aromatic rings. The Labute approximate surface area is 122 Å². The lowest BCUT2D eigenvalue weighted by Crippen LogP contribution is -2.23. The molecule has 0 saturated carbocycles. The van der Waals surface area contributed by atoms with Crippen molar-refractivity contribution in [2.45, 2.75) is 39.7 Å². The van der Waals surface area contributed by atoms with E-state index in [0.717, 1.165) is 19.4 Å². The molecule has 0 aliphatic carbocycles. The number of aromatic nitrogens is 2. The van der Waals surface area contributed by atoms with Crippen LogP contribution in [0.15, 0.2) is 30.5 Å². The van der Waals surface area contributed by atoms with Crippen molar-refractivity contribution >= 4 is 0 Å². The summed E-state index contributed by atoms with van der Waals surface area (Å²) in [5.74, 6) is 0. The molecule has 0 radical (unpaired) electrons. The van der Waals surface area contributed by atoms with Crippen LogP contribution in [0.25, 0.3) is 0 Å². The number of rotatable bonds is 6. The Morgan fingerprint density at radius 3 is 2.75 bits per heavy atom. The molecule has 0 saturated heterocycles. The molecule has 0 aliphatic heterocycles. The van der Waals surface area contributed by atoms with Gasteiger partial charge in [0, 0.05) is 24.8 Å². The second-order valence-electron chi connectivity index (χ2n) is 5.36. The molecule has 0 amide bonds. The molecule has 3 heteroatoms. The van der Waals surface area contributed by atoms with E-state index in [9.17, 15) is 0 Å². The Kier molecular flexibility index (Phi) is 4.96. The molecule has 0 spiro atoms. The monoisotopic (exact) mass is 271 g/mol. The molecular weight excluding hydrogens is 246 g/mol. The van der Waals surface area contributed by atoms with E-state index in [1.807, 2.05) is 11.7 Å². The molecule has 1 atom stereocenters. The van der Waals surface area contributed by atoms with Crippen molar-refractivity contribution in [3.63, 3.8) is 0 Å². The Morgan fingerprint density at radius 2 is 2.10 bits per heavy atom. The molecule has 2 rings (SSSR count). The molecule has 1 aromatic heterocycles. The standard InChI is InChI=1S/C17H25N3/c1-5-16-15(12-20(4)19-16)17(18-6-2)11-14-9-7-8-13(3)10-14/h7-10,12,17-18H,5-6,11H2,1-4H3. The number of aryl methyl sites for hydroxylation is 3. The summed E-state index contributed by atoms with van der Waals surface area (Å²) < 4.78 is 1.93. The van der Waals surface area contributed by atoms with Gasteiger partial charge in [0.15, 0.2) is 0 Å². The largest absolute Gasteiger partial charge is 0.310 e. The van der Waals surface area contributed by atoms with Crippen LogP contribution in [-0.2, 0) is 19.9 Å². The molecule has 108 valence electrons. The van der Waals surface area contributed by atoms with Crippen LogP contribution in [0, 0.1) is 6.92 Å². The molecular formula is C17H25N3. The third-order valence-corrected chi connectivity index (χ3v) is 3.62. The highest BCUT2D eigenvalue weighted by atomic mass is 15.3. The van der Waals surface area contributed by atoms with E-state index < -0.39 is 0 Å². The molecule has 0 aliphatic rings. The third kappa shape index (κ3) is 3.48. The zero-order chi connectivity index (χ0) is 14.5. The van der Waals surface area contributed by atoms with Gasteiger partial charge in [-0.15, -0.1) is 0 Å². The lowest BCUT2D eigenvalue weighted by molar-refractivity contribution is 0.545. The molecule has 0 bridgehead atoms. The van der Waals surface area contributed by atoms with Gasteiger partial charge in [0.2, 0.25) is 0 Å². The van der Waals surface area contributed by atoms with Gasteiger partial charge in [-0.25, -0.2) is 0 Å². The Hall–Kier alpha value is -1.61. The number of nitrogens with one attached hydrogen (secondary N) is 1. The van der Waals surface area contributed by atoms with Gasteiger partial charge in [-0.3, -0.25) is 4.68 Å². The summed E-state index contributed by atoms with van der Waals surface area (Å²) in [6.07, 6.45) is 4.14. The van der Waals surface area contributed by atoms with E-state index in [2.05, 4.69) is 61.6 Å². The molecule has 3 nitrogen and oxygen atoms in total. The summed E-state index contributed by atoms with van der Waals surface area (Å²) in [5, 5.41) is 8.17. The van der Waals surface area contributed by atoms with Crippen molar-refractivity contribution in [1.82, 2.24) is 15.1 Å². The van der Waals surface area contributed by atoms with Gasteiger partial charge in [-0.05, 0) is 31.9 Å². The fraction of sp³-hybridized carbons (Fsp3) is 0.471. The maximum absolute atomic E-state index is 4.57. The van der Waals surface area contributed by atoms with E-state index in [0.29, 0.717) is 6.04 Å². The van der Waals surface area contributed by atoms with Crippen molar-refractivity contribution in [1.29, 1.82) is 0 Å². The zero-order valence-corrected chi connectivity index (χ0v) is 13.0. The van der Waals surface area contributed by atoms with Gasteiger partial charge in [0.1, 0.15) is 0 Å². The molecule has 1 heterocycles. The molecule has 20 heavy (non-hydrogen) atoms. The van der Waals surface area contributed by atoms with Crippen molar-refractivity contribution in [3.8, 4) is 0 Å². The van der Waals surface area contributed by atoms with Crippen LogP contribution in [0.1, 0.15) is 42.3 Å². The van der Waals surface area contributed by atoms with Gasteiger partial charge in [-0.1, -0.05) is 43.7 Å². The van der Waals surface area contributed by atoms with E-state index in [1.165, 1.54) is 22.4 Å². The highest BCUT2D eigenvalue weighted by molar-refractivity contribution is 5.28. The Balaban J connectivity index is 2.26. The smallest absolute Gasteiger partial charge is 0.0669 e. The predicted octanol–water partition coefficient (Wildman–Crippen LogP) is 3.18. The maximum atomic E-state index is 4.57. The first-order valence-corrected chi connectivity index (χ1v) is 7.45. The fourth-order valence-corrected chi connectivity index (χ4v) is 2.73. The van der Waals surface area contributed by atoms with Crippen molar-refractivity contribution in [2.75, 3.05) is 6.54 Å². The number of likely N-dealkylation sites (N-methyl/N-ethyl adjacent to an activating group) is 1. The van der Waals surface area contributed by atoms with E-state index >= 15 is 0 Å². The predicted molar refractivity (Wildman–Crippen MR) is 83.9 cm³/mol. The second-order valence-corrected chi connectivity index (χ2v) is 5.36. The van der Waals surface area contributed by atoms with Gasteiger partial charge in [0.25, 0.3) is 0 Å². The number of hydrogen-bond donors (Lipinski definition) is 1. The van der Waals surface area contributed by atoms with E-state index in [1.54, 1.807) is 0 Å². The first-order valence-electron chi connectivity index (χ1n) is 7.45. The average Bonchev–Trinajstić information content (AvgIpc) is 2.79. The number of benzene rings is 1. The van der Waals surface area contributed by atoms with Crippen LogP contribution in [0.4, 0.5) is 0 Å². The summed E-state index contributed by atoms with van der Waals surface area (Å²) in [7, 11) is 2.00. The molecule has 1 N–H and O–H groups in total. The summed E-state index contributed by atoms with van der Waals surface area (Å²) in [6.45, 7) is 7.44. The second kappa shape index (κ2) is 6.71. The third-order valence-electron chi connectivity index (χ3n) is 3.62. The molecule has 0 fully saturated rings. The first-order chi connectivity index (χ1) is 9.63. The normalized spacial score (nSPS) is 12.6. The summed E-state index contributed by atoms with van der Waals surface area (Å²) in [4.78, 5) is 0. The highest BCUT2D eigenvalue weighted by Crippen LogP contribution is 2.22. The first kappa shape index (κ1) is 14.8. The highest BCUT2D eigenvalue weighted by Gasteiger charge is 2.17. The van der Waals surface area contributed by atoms with Crippen LogP contribution < -0.4 is 5.32 Å². The average molecular weight is 271 g/mol. The van der Waals surface area contributed by atoms with Gasteiger partial charge < -0.3 is 5.32 Å². The zero-order valence-electron chi connectivity index (χ0n) is 13.0. The minimum Gasteiger partial charge on any atom is -0.310 e. The summed E-state index contributed by atoms with van der Waals surface area (Å²) in [6, 6.07) is 9.10. The SMILES string of the molecule is CCNC(Cc1cccc(C)c1)c1cn(C)nc1CC. The molecule has 1 aromatic carbocycles. The Bertz CT molecular complexity index is 557. The van der Waals surface area contributed by atoms with Crippen LogP contribution in [0.2, 0.25) is 0 Å². The van der Waals surface area contributed by atoms with Crippen molar-refractivity contribution in [2.24, 2.45) is 7.05 Å². The number of hydrogen-bond acceptors (Lipinski definition) is 2. The quantitative estimate of drug-likeness (QED) is 0.874. The Morgan fingerprint density at radius 1 is 1.30 bits per heavy atom. The van der Waals surface area contributed by atoms with Crippen LogP contribution in [-0.4, -0.2) is 16.3 Å². The topological polar surface area (TPSA) is 29.9 Å². The minimum absolute atomic E-state index is 0.338. The number of nitrogens with zero attached hydrogens (tertiary/aromatic N) is 2. The van der Waals surface area contributed by atoms with Crippen LogP contribution in [0.5, 0.6) is 0 Å². The van der Waals surface area contributed by atoms with Gasteiger partial charge in [0.05, 0.1) is 5.69 Å².